The van der Waals surface area contributed by atoms with E-state index >= 15 is 0 Å². The van der Waals surface area contributed by atoms with E-state index in [-0.39, 0.29) is 49.1 Å². The Morgan fingerprint density at radius 3 is 2.78 bits per heavy atom. The molecule has 5 unspecified atom stereocenters. The van der Waals surface area contributed by atoms with Crippen molar-refractivity contribution < 1.29 is 28.7 Å². The van der Waals surface area contributed by atoms with E-state index in [0.29, 0.717) is 24.0 Å². The number of hydrogen-bond donors (Lipinski definition) is 1. The summed E-state index contributed by atoms with van der Waals surface area (Å²) in [6, 6.07) is 4.16. The van der Waals surface area contributed by atoms with Crippen LogP contribution in [0.3, 0.4) is 0 Å². The second kappa shape index (κ2) is 5.96. The Kier molecular flexibility index (Phi) is 3.63. The van der Waals surface area contributed by atoms with Gasteiger partial charge in [-0.1, -0.05) is 12.1 Å². The molecule has 9 heteroatoms. The van der Waals surface area contributed by atoms with Gasteiger partial charge in [0.2, 0.25) is 11.8 Å². The lowest BCUT2D eigenvalue weighted by molar-refractivity contribution is -0.188. The first-order chi connectivity index (χ1) is 15.3. The molecule has 2 aliphatic heterocycles. The number of amides is 5. The first-order valence-corrected chi connectivity index (χ1v) is 11.0. The molecule has 1 aromatic rings. The predicted molar refractivity (Wildman–Crippen MR) is 108 cm³/mol. The highest BCUT2D eigenvalue weighted by molar-refractivity contribution is 6.17. The molecule has 1 saturated heterocycles. The van der Waals surface area contributed by atoms with Crippen LogP contribution in [-0.2, 0) is 24.5 Å². The zero-order valence-electron chi connectivity index (χ0n) is 17.8. The molecule has 3 aliphatic carbocycles. The summed E-state index contributed by atoms with van der Waals surface area (Å²) >= 11 is 0. The second-order valence-electron chi connectivity index (χ2n) is 9.45. The summed E-state index contributed by atoms with van der Waals surface area (Å²) in [4.78, 5) is 67.8. The van der Waals surface area contributed by atoms with Crippen molar-refractivity contribution in [1.82, 2.24) is 15.1 Å². The number of benzene rings is 1. The molecule has 32 heavy (non-hydrogen) atoms. The number of carbonyl (C=O) groups is 5. The lowest BCUT2D eigenvalue weighted by Gasteiger charge is -2.69. The van der Waals surface area contributed by atoms with Crippen LogP contribution in [0.5, 0.6) is 0 Å². The van der Waals surface area contributed by atoms with Gasteiger partial charge < -0.3 is 9.64 Å². The number of urea groups is 1. The maximum absolute atomic E-state index is 13.9. The molecule has 0 aromatic heterocycles. The Labute approximate surface area is 184 Å². The third-order valence-electron chi connectivity index (χ3n) is 8.42. The summed E-state index contributed by atoms with van der Waals surface area (Å²) < 4.78 is 5.02. The van der Waals surface area contributed by atoms with Crippen LogP contribution >= 0.6 is 0 Å². The van der Waals surface area contributed by atoms with Gasteiger partial charge in [-0.2, -0.15) is 0 Å². The lowest BCUT2D eigenvalue weighted by atomic mass is 9.38. The standard InChI is InChI=1S/C23H23N3O6/c1-3-32-15(27)7-8-26-18-22(19(29)24-21(26)31)10-11-9-14(22)23(18)16-12(11)5-4-6-13(16)17(28)25(2)20(23)30/h4-6,11,14,18H,3,7-10H2,1-2H3,(H,24,29,31). The van der Waals surface area contributed by atoms with Gasteiger partial charge in [0.05, 0.1) is 24.5 Å². The Morgan fingerprint density at radius 2 is 2.03 bits per heavy atom. The molecule has 0 radical (unpaired) electrons. The summed E-state index contributed by atoms with van der Waals surface area (Å²) in [7, 11) is 1.46. The maximum atomic E-state index is 13.9. The van der Waals surface area contributed by atoms with E-state index in [4.69, 9.17) is 4.74 Å². The van der Waals surface area contributed by atoms with Gasteiger partial charge in [0.15, 0.2) is 0 Å². The van der Waals surface area contributed by atoms with Crippen molar-refractivity contribution in [3.8, 4) is 0 Å². The van der Waals surface area contributed by atoms with Gasteiger partial charge in [0, 0.05) is 19.2 Å². The van der Waals surface area contributed by atoms with Crippen LogP contribution in [0.4, 0.5) is 4.79 Å². The molecule has 5 aliphatic rings. The highest BCUT2D eigenvalue weighted by Crippen LogP contribution is 2.77. The Balaban J connectivity index is 1.55. The molecular formula is C23H23N3O6. The predicted octanol–water partition coefficient (Wildman–Crippen LogP) is 0.917. The van der Waals surface area contributed by atoms with Crippen molar-refractivity contribution in [3.63, 3.8) is 0 Å². The van der Waals surface area contributed by atoms with Crippen LogP contribution in [0.15, 0.2) is 18.2 Å². The summed E-state index contributed by atoms with van der Waals surface area (Å²) in [6.45, 7) is 1.97. The van der Waals surface area contributed by atoms with E-state index in [0.717, 1.165) is 10.5 Å². The summed E-state index contributed by atoms with van der Waals surface area (Å²) in [5.74, 6) is -1.76. The Bertz CT molecular complexity index is 1150. The number of nitrogens with zero attached hydrogens (tertiary/aromatic N) is 2. The minimum absolute atomic E-state index is 0.0337. The number of hydrogen-bond acceptors (Lipinski definition) is 6. The minimum atomic E-state index is -1.15. The van der Waals surface area contributed by atoms with Gasteiger partial charge in [-0.05, 0) is 48.8 Å². The van der Waals surface area contributed by atoms with E-state index in [1.54, 1.807) is 13.0 Å². The molecule has 2 spiro atoms. The van der Waals surface area contributed by atoms with E-state index in [9.17, 15) is 24.0 Å². The van der Waals surface area contributed by atoms with Crippen LogP contribution < -0.4 is 5.32 Å². The SMILES string of the molecule is CCOC(=O)CCN1C(=O)NC(=O)C23CC4CC2C2(C(=O)N(C)C(=O)c5cccc4c52)C13. The fraction of sp³-hybridized carbons (Fsp3) is 0.522. The monoisotopic (exact) mass is 437 g/mol. The Hall–Kier alpha value is -3.23. The molecule has 3 fully saturated rings. The van der Waals surface area contributed by atoms with Crippen molar-refractivity contribution >= 4 is 29.7 Å². The van der Waals surface area contributed by atoms with Crippen LogP contribution in [0.25, 0.3) is 0 Å². The van der Waals surface area contributed by atoms with Gasteiger partial charge in [0.1, 0.15) is 5.41 Å². The largest absolute Gasteiger partial charge is 0.466 e. The van der Waals surface area contributed by atoms with E-state index in [2.05, 4.69) is 5.32 Å². The second-order valence-corrected chi connectivity index (χ2v) is 9.45. The van der Waals surface area contributed by atoms with Crippen molar-refractivity contribution in [1.29, 1.82) is 0 Å². The number of ether oxygens (including phenoxy) is 1. The van der Waals surface area contributed by atoms with Gasteiger partial charge in [0.25, 0.3) is 5.91 Å². The molecule has 166 valence electrons. The number of fused-ring (bicyclic) bond motifs is 2. The fourth-order valence-electron chi connectivity index (χ4n) is 7.52. The molecule has 2 heterocycles. The summed E-state index contributed by atoms with van der Waals surface area (Å²) in [5, 5.41) is 2.49. The molecule has 5 atom stereocenters. The normalized spacial score (nSPS) is 35.8. The molecule has 2 saturated carbocycles. The molecule has 9 nitrogen and oxygen atoms in total. The van der Waals surface area contributed by atoms with Crippen molar-refractivity contribution in [3.05, 3.63) is 34.9 Å². The number of nitrogens with one attached hydrogen (secondary N) is 1. The number of carbonyl (C=O) groups excluding carboxylic acids is 5. The first kappa shape index (κ1) is 19.5. The number of imide groups is 2. The molecule has 2 bridgehead atoms. The van der Waals surface area contributed by atoms with Crippen LogP contribution in [0, 0.1) is 11.3 Å². The summed E-state index contributed by atoms with van der Waals surface area (Å²) in [6.07, 6.45) is 1.14. The van der Waals surface area contributed by atoms with Crippen molar-refractivity contribution in [2.45, 2.75) is 43.6 Å². The first-order valence-electron chi connectivity index (χ1n) is 11.0. The maximum Gasteiger partial charge on any atom is 0.324 e. The quantitative estimate of drug-likeness (QED) is 0.554. The molecule has 5 amide bonds. The zero-order chi connectivity index (χ0) is 22.6. The number of rotatable bonds is 4. The van der Waals surface area contributed by atoms with E-state index < -0.39 is 28.9 Å². The van der Waals surface area contributed by atoms with Crippen LogP contribution in [0.2, 0.25) is 0 Å². The zero-order valence-corrected chi connectivity index (χ0v) is 17.8. The van der Waals surface area contributed by atoms with E-state index in [1.165, 1.54) is 11.9 Å². The van der Waals surface area contributed by atoms with Crippen molar-refractivity contribution in [2.75, 3.05) is 20.2 Å². The highest BCUT2D eigenvalue weighted by atomic mass is 16.5. The third kappa shape index (κ3) is 1.86. The van der Waals surface area contributed by atoms with Crippen molar-refractivity contribution in [2.24, 2.45) is 11.3 Å². The number of esters is 1. The highest BCUT2D eigenvalue weighted by Gasteiger charge is 2.86. The smallest absolute Gasteiger partial charge is 0.324 e. The number of likely N-dealkylation sites (N-methyl/N-ethyl adjacent to an activating group) is 1. The molecule has 1 aromatic carbocycles. The molecular weight excluding hydrogens is 414 g/mol. The molecule has 1 N–H and O–H groups in total. The average molecular weight is 437 g/mol. The van der Waals surface area contributed by atoms with Gasteiger partial charge in [-0.3, -0.25) is 29.4 Å². The lowest BCUT2D eigenvalue weighted by Crippen LogP contribution is -2.86. The van der Waals surface area contributed by atoms with Gasteiger partial charge >= 0.3 is 12.0 Å². The summed E-state index contributed by atoms with van der Waals surface area (Å²) in [5.41, 5.74) is 0.0458. The van der Waals surface area contributed by atoms with Gasteiger partial charge in [-0.25, -0.2) is 4.79 Å². The van der Waals surface area contributed by atoms with Gasteiger partial charge in [-0.15, -0.1) is 0 Å². The fourth-order valence-corrected chi connectivity index (χ4v) is 7.52. The Morgan fingerprint density at radius 1 is 1.25 bits per heavy atom. The van der Waals surface area contributed by atoms with Crippen LogP contribution in [0.1, 0.15) is 53.6 Å². The van der Waals surface area contributed by atoms with E-state index in [1.807, 2.05) is 12.1 Å². The third-order valence-corrected chi connectivity index (χ3v) is 8.42. The average Bonchev–Trinajstić information content (AvgIpc) is 2.99. The molecule has 6 rings (SSSR count). The minimum Gasteiger partial charge on any atom is -0.466 e. The van der Waals surface area contributed by atoms with Crippen LogP contribution in [-0.4, -0.2) is 65.8 Å². The topological polar surface area (TPSA) is 113 Å².